The van der Waals surface area contributed by atoms with Crippen LogP contribution in [-0.2, 0) is 9.59 Å². The molecule has 126 valence electrons. The molecule has 0 atom stereocenters. The van der Waals surface area contributed by atoms with Crippen molar-refractivity contribution in [3.05, 3.63) is 47.0 Å². The minimum absolute atomic E-state index is 0.412. The van der Waals surface area contributed by atoms with E-state index in [1.54, 1.807) is 36.4 Å². The molecule has 0 spiro atoms. The van der Waals surface area contributed by atoms with Gasteiger partial charge in [0.05, 0.1) is 14.2 Å². The average molecular weight is 349 g/mol. The SMILES string of the molecule is COc1ccc(NC(=O)C(=O)Nc2ccc(C)c(Cl)c2)cc1OC. The molecule has 0 unspecified atom stereocenters. The summed E-state index contributed by atoms with van der Waals surface area (Å²) in [6, 6.07) is 9.81. The van der Waals surface area contributed by atoms with Gasteiger partial charge < -0.3 is 20.1 Å². The predicted molar refractivity (Wildman–Crippen MR) is 93.0 cm³/mol. The van der Waals surface area contributed by atoms with Crippen molar-refractivity contribution in [1.29, 1.82) is 0 Å². The fraction of sp³-hybridized carbons (Fsp3) is 0.176. The Kier molecular flexibility index (Phi) is 5.65. The van der Waals surface area contributed by atoms with E-state index >= 15 is 0 Å². The molecule has 2 rings (SSSR count). The van der Waals surface area contributed by atoms with E-state index < -0.39 is 11.8 Å². The Morgan fingerprint density at radius 2 is 1.42 bits per heavy atom. The highest BCUT2D eigenvalue weighted by Gasteiger charge is 2.15. The Bertz CT molecular complexity index is 777. The quantitative estimate of drug-likeness (QED) is 0.831. The van der Waals surface area contributed by atoms with Gasteiger partial charge in [0, 0.05) is 22.5 Å². The van der Waals surface area contributed by atoms with E-state index in [0.29, 0.717) is 27.9 Å². The zero-order valence-corrected chi connectivity index (χ0v) is 14.2. The monoisotopic (exact) mass is 348 g/mol. The van der Waals surface area contributed by atoms with Crippen LogP contribution in [0.15, 0.2) is 36.4 Å². The first-order chi connectivity index (χ1) is 11.4. The molecule has 0 radical (unpaired) electrons. The van der Waals surface area contributed by atoms with E-state index in [1.165, 1.54) is 14.2 Å². The predicted octanol–water partition coefficient (Wildman–Crippen LogP) is 3.24. The van der Waals surface area contributed by atoms with Crippen LogP contribution in [0.4, 0.5) is 11.4 Å². The first-order valence-electron chi connectivity index (χ1n) is 7.05. The van der Waals surface area contributed by atoms with Crippen LogP contribution in [0.3, 0.4) is 0 Å². The van der Waals surface area contributed by atoms with Gasteiger partial charge >= 0.3 is 11.8 Å². The van der Waals surface area contributed by atoms with Crippen molar-refractivity contribution in [2.75, 3.05) is 24.9 Å². The van der Waals surface area contributed by atoms with E-state index in [2.05, 4.69) is 10.6 Å². The van der Waals surface area contributed by atoms with Gasteiger partial charge in [-0.3, -0.25) is 9.59 Å². The molecule has 7 heteroatoms. The standard InChI is InChI=1S/C17H17ClN2O4/c1-10-4-5-11(8-13(10)18)19-16(21)17(22)20-12-6-7-14(23-2)15(9-12)24-3/h4-9H,1-3H3,(H,19,21)(H,20,22). The van der Waals surface area contributed by atoms with E-state index in [-0.39, 0.29) is 0 Å². The largest absolute Gasteiger partial charge is 0.493 e. The van der Waals surface area contributed by atoms with Crippen molar-refractivity contribution in [3.63, 3.8) is 0 Å². The van der Waals surface area contributed by atoms with E-state index in [9.17, 15) is 9.59 Å². The lowest BCUT2D eigenvalue weighted by atomic mass is 10.2. The molecule has 0 aliphatic heterocycles. The van der Waals surface area contributed by atoms with Crippen LogP contribution in [0, 0.1) is 6.92 Å². The second-order valence-electron chi connectivity index (χ2n) is 4.94. The number of nitrogens with one attached hydrogen (secondary N) is 2. The first kappa shape index (κ1) is 17.6. The zero-order valence-electron chi connectivity index (χ0n) is 13.5. The van der Waals surface area contributed by atoms with Crippen molar-refractivity contribution in [2.24, 2.45) is 0 Å². The Morgan fingerprint density at radius 1 is 0.875 bits per heavy atom. The van der Waals surface area contributed by atoms with Crippen LogP contribution < -0.4 is 20.1 Å². The smallest absolute Gasteiger partial charge is 0.314 e. The molecule has 0 fully saturated rings. The molecular formula is C17H17ClN2O4. The van der Waals surface area contributed by atoms with Gasteiger partial charge in [-0.05, 0) is 36.8 Å². The molecule has 2 N–H and O–H groups in total. The molecule has 0 saturated heterocycles. The third-order valence-corrected chi connectivity index (χ3v) is 3.68. The number of hydrogen-bond acceptors (Lipinski definition) is 4. The summed E-state index contributed by atoms with van der Waals surface area (Å²) in [5, 5.41) is 5.49. The number of rotatable bonds is 4. The van der Waals surface area contributed by atoms with Crippen molar-refractivity contribution < 1.29 is 19.1 Å². The van der Waals surface area contributed by atoms with E-state index in [4.69, 9.17) is 21.1 Å². The molecule has 0 heterocycles. The maximum absolute atomic E-state index is 12.0. The minimum Gasteiger partial charge on any atom is -0.493 e. The van der Waals surface area contributed by atoms with Gasteiger partial charge in [0.15, 0.2) is 11.5 Å². The fourth-order valence-electron chi connectivity index (χ4n) is 1.96. The molecule has 0 aliphatic rings. The number of halogens is 1. The maximum atomic E-state index is 12.0. The summed E-state index contributed by atoms with van der Waals surface area (Å²) in [4.78, 5) is 24.0. The Morgan fingerprint density at radius 3 is 1.96 bits per heavy atom. The topological polar surface area (TPSA) is 76.7 Å². The number of hydrogen-bond donors (Lipinski definition) is 2. The van der Waals surface area contributed by atoms with Gasteiger partial charge in [0.1, 0.15) is 0 Å². The van der Waals surface area contributed by atoms with Crippen molar-refractivity contribution in [1.82, 2.24) is 0 Å². The Hall–Kier alpha value is -2.73. The minimum atomic E-state index is -0.807. The first-order valence-corrected chi connectivity index (χ1v) is 7.43. The summed E-state index contributed by atoms with van der Waals surface area (Å²) in [5.41, 5.74) is 1.73. The summed E-state index contributed by atoms with van der Waals surface area (Å²) in [6.07, 6.45) is 0. The van der Waals surface area contributed by atoms with Crippen LogP contribution in [0.2, 0.25) is 5.02 Å². The fourth-order valence-corrected chi connectivity index (χ4v) is 2.14. The molecule has 24 heavy (non-hydrogen) atoms. The molecule has 0 bridgehead atoms. The highest BCUT2D eigenvalue weighted by molar-refractivity contribution is 6.43. The molecule has 0 saturated carbocycles. The number of carbonyl (C=O) groups is 2. The Balaban J connectivity index is 2.06. The molecule has 2 aromatic carbocycles. The van der Waals surface area contributed by atoms with E-state index in [0.717, 1.165) is 5.56 Å². The second kappa shape index (κ2) is 7.70. The van der Waals surface area contributed by atoms with Gasteiger partial charge in [-0.25, -0.2) is 0 Å². The zero-order chi connectivity index (χ0) is 17.7. The van der Waals surface area contributed by atoms with Crippen molar-refractivity contribution in [3.8, 4) is 11.5 Å². The number of methoxy groups -OCH3 is 2. The van der Waals surface area contributed by atoms with Crippen LogP contribution in [0.25, 0.3) is 0 Å². The normalized spacial score (nSPS) is 10.0. The lowest BCUT2D eigenvalue weighted by molar-refractivity contribution is -0.132. The molecule has 6 nitrogen and oxygen atoms in total. The van der Waals surface area contributed by atoms with Crippen molar-refractivity contribution >= 4 is 34.8 Å². The highest BCUT2D eigenvalue weighted by Crippen LogP contribution is 2.29. The van der Waals surface area contributed by atoms with Gasteiger partial charge in [-0.1, -0.05) is 17.7 Å². The average Bonchev–Trinajstić information content (AvgIpc) is 2.57. The number of benzene rings is 2. The third-order valence-electron chi connectivity index (χ3n) is 3.28. The number of anilines is 2. The van der Waals surface area contributed by atoms with E-state index in [1.807, 2.05) is 6.92 Å². The van der Waals surface area contributed by atoms with Crippen LogP contribution in [0.5, 0.6) is 11.5 Å². The number of ether oxygens (including phenoxy) is 2. The summed E-state index contributed by atoms with van der Waals surface area (Å²) in [6.45, 7) is 1.84. The molecule has 2 amide bonds. The molecular weight excluding hydrogens is 332 g/mol. The van der Waals surface area contributed by atoms with Gasteiger partial charge in [-0.2, -0.15) is 0 Å². The third kappa shape index (κ3) is 4.17. The molecule has 0 aliphatic carbocycles. The highest BCUT2D eigenvalue weighted by atomic mass is 35.5. The van der Waals surface area contributed by atoms with Crippen LogP contribution in [0.1, 0.15) is 5.56 Å². The van der Waals surface area contributed by atoms with Gasteiger partial charge in [0.2, 0.25) is 0 Å². The van der Waals surface area contributed by atoms with Gasteiger partial charge in [0.25, 0.3) is 0 Å². The molecule has 0 aromatic heterocycles. The number of carbonyl (C=O) groups excluding carboxylic acids is 2. The Labute approximate surface area is 144 Å². The summed E-state index contributed by atoms with van der Waals surface area (Å²) in [7, 11) is 2.99. The lowest BCUT2D eigenvalue weighted by Crippen LogP contribution is -2.29. The maximum Gasteiger partial charge on any atom is 0.314 e. The van der Waals surface area contributed by atoms with Crippen LogP contribution in [-0.4, -0.2) is 26.0 Å². The summed E-state index contributed by atoms with van der Waals surface area (Å²) < 4.78 is 10.3. The number of aryl methyl sites for hydroxylation is 1. The lowest BCUT2D eigenvalue weighted by Gasteiger charge is -2.11. The summed E-state index contributed by atoms with van der Waals surface area (Å²) in [5.74, 6) is -0.640. The number of amides is 2. The van der Waals surface area contributed by atoms with Gasteiger partial charge in [-0.15, -0.1) is 0 Å². The second-order valence-corrected chi connectivity index (χ2v) is 5.35. The molecule has 2 aromatic rings. The van der Waals surface area contributed by atoms with Crippen LogP contribution >= 0.6 is 11.6 Å². The summed E-state index contributed by atoms with van der Waals surface area (Å²) >= 11 is 5.99. The van der Waals surface area contributed by atoms with Crippen molar-refractivity contribution in [2.45, 2.75) is 6.92 Å².